The predicted octanol–water partition coefficient (Wildman–Crippen LogP) is 2.56. The highest BCUT2D eigenvalue weighted by atomic mass is 32.2. The third kappa shape index (κ3) is 3.90. The summed E-state index contributed by atoms with van der Waals surface area (Å²) in [5.41, 5.74) is 8.05. The molecule has 6 heteroatoms. The Balaban J connectivity index is 1.72. The third-order valence-electron chi connectivity index (χ3n) is 3.73. The molecule has 0 spiro atoms. The number of rotatable bonds is 5. The average Bonchev–Trinajstić information content (AvgIpc) is 3.31. The molecule has 0 radical (unpaired) electrons. The van der Waals surface area contributed by atoms with Crippen LogP contribution in [-0.4, -0.2) is 20.1 Å². The van der Waals surface area contributed by atoms with Gasteiger partial charge in [0.25, 0.3) is 0 Å². The topological polar surface area (TPSA) is 89.3 Å². The number of carbonyl (C=O) groups is 1. The van der Waals surface area contributed by atoms with Gasteiger partial charge in [-0.05, 0) is 54.7 Å². The maximum Gasteiger partial charge on any atom is 0.239 e. The number of nitrogens with one attached hydrogen (secondary N) is 1. The van der Waals surface area contributed by atoms with Crippen molar-refractivity contribution in [3.8, 4) is 0 Å². The zero-order chi connectivity index (χ0) is 16.4. The number of anilines is 2. The number of amides is 1. The van der Waals surface area contributed by atoms with Crippen molar-refractivity contribution in [1.82, 2.24) is 0 Å². The van der Waals surface area contributed by atoms with Crippen LogP contribution in [0.25, 0.3) is 0 Å². The monoisotopic (exact) mass is 330 g/mol. The molecule has 1 fully saturated rings. The molecular weight excluding hydrogens is 312 g/mol. The van der Waals surface area contributed by atoms with Crippen LogP contribution < -0.4 is 11.1 Å². The molecule has 0 aromatic heterocycles. The van der Waals surface area contributed by atoms with Gasteiger partial charge in [-0.25, -0.2) is 8.42 Å². The fraction of sp³-hybridized carbons (Fsp3) is 0.235. The average molecular weight is 330 g/mol. The summed E-state index contributed by atoms with van der Waals surface area (Å²) in [6.07, 6.45) is 2.25. The summed E-state index contributed by atoms with van der Waals surface area (Å²) in [7, 11) is -3.65. The molecule has 120 valence electrons. The third-order valence-corrected chi connectivity index (χ3v) is 5.37. The van der Waals surface area contributed by atoms with E-state index >= 15 is 0 Å². The van der Waals surface area contributed by atoms with Gasteiger partial charge in [0.2, 0.25) is 5.91 Å². The van der Waals surface area contributed by atoms with Gasteiger partial charge >= 0.3 is 0 Å². The molecule has 2 aromatic rings. The summed E-state index contributed by atoms with van der Waals surface area (Å²) in [6, 6.07) is 13.3. The number of benzene rings is 2. The van der Waals surface area contributed by atoms with Gasteiger partial charge in [-0.15, -0.1) is 0 Å². The number of nitrogens with two attached hydrogens (primary N) is 1. The van der Waals surface area contributed by atoms with Crippen molar-refractivity contribution in [2.45, 2.75) is 23.7 Å². The second-order valence-electron chi connectivity index (χ2n) is 5.78. The van der Waals surface area contributed by atoms with E-state index in [4.69, 9.17) is 5.73 Å². The van der Waals surface area contributed by atoms with E-state index in [-0.39, 0.29) is 4.90 Å². The highest BCUT2D eigenvalue weighted by molar-refractivity contribution is 7.92. The Morgan fingerprint density at radius 2 is 1.83 bits per heavy atom. The first-order valence-electron chi connectivity index (χ1n) is 7.42. The van der Waals surface area contributed by atoms with Crippen molar-refractivity contribution in [2.24, 2.45) is 0 Å². The van der Waals surface area contributed by atoms with Gasteiger partial charge in [0.15, 0.2) is 9.84 Å². The lowest BCUT2D eigenvalue weighted by atomic mass is 10.1. The number of hydrogen-bond acceptors (Lipinski definition) is 4. The molecule has 1 amide bonds. The quantitative estimate of drug-likeness (QED) is 0.825. The van der Waals surface area contributed by atoms with Crippen LogP contribution in [0, 0.1) is 0 Å². The van der Waals surface area contributed by atoms with Crippen LogP contribution >= 0.6 is 0 Å². The number of nitrogen functional groups attached to an aromatic ring is 1. The SMILES string of the molecule is Nc1cc(NC(=O)CS(=O)(=O)c2ccccc2)cc(C2CC2)c1. The van der Waals surface area contributed by atoms with Crippen LogP contribution in [0.2, 0.25) is 0 Å². The molecule has 3 N–H and O–H groups in total. The van der Waals surface area contributed by atoms with E-state index in [0.29, 0.717) is 17.3 Å². The molecule has 1 saturated carbocycles. The van der Waals surface area contributed by atoms with Gasteiger partial charge in [-0.3, -0.25) is 4.79 Å². The van der Waals surface area contributed by atoms with Gasteiger partial charge in [0, 0.05) is 11.4 Å². The first-order valence-corrected chi connectivity index (χ1v) is 9.07. The first kappa shape index (κ1) is 15.6. The first-order chi connectivity index (χ1) is 10.9. The van der Waals surface area contributed by atoms with Gasteiger partial charge < -0.3 is 11.1 Å². The number of sulfone groups is 1. The minimum absolute atomic E-state index is 0.140. The second kappa shape index (κ2) is 6.04. The van der Waals surface area contributed by atoms with Crippen molar-refractivity contribution < 1.29 is 13.2 Å². The molecular formula is C17H18N2O3S. The highest BCUT2D eigenvalue weighted by Crippen LogP contribution is 2.41. The van der Waals surface area contributed by atoms with Crippen LogP contribution in [0.1, 0.15) is 24.3 Å². The van der Waals surface area contributed by atoms with Gasteiger partial charge in [-0.1, -0.05) is 18.2 Å². The molecule has 1 aliphatic rings. The lowest BCUT2D eigenvalue weighted by Crippen LogP contribution is -2.23. The summed E-state index contributed by atoms with van der Waals surface area (Å²) in [4.78, 5) is 12.2. The van der Waals surface area contributed by atoms with Crippen molar-refractivity contribution in [3.63, 3.8) is 0 Å². The smallest absolute Gasteiger partial charge is 0.239 e. The maximum atomic E-state index is 12.2. The summed E-state index contributed by atoms with van der Waals surface area (Å²) >= 11 is 0. The van der Waals surface area contributed by atoms with Crippen molar-refractivity contribution in [3.05, 3.63) is 54.1 Å². The van der Waals surface area contributed by atoms with Crippen molar-refractivity contribution >= 4 is 27.1 Å². The molecule has 0 heterocycles. The predicted molar refractivity (Wildman–Crippen MR) is 90.0 cm³/mol. The van der Waals surface area contributed by atoms with E-state index in [9.17, 15) is 13.2 Å². The Kier molecular flexibility index (Phi) is 4.09. The van der Waals surface area contributed by atoms with E-state index in [1.165, 1.54) is 12.1 Å². The number of hydrogen-bond donors (Lipinski definition) is 2. The lowest BCUT2D eigenvalue weighted by Gasteiger charge is -2.09. The molecule has 3 rings (SSSR count). The summed E-state index contributed by atoms with van der Waals surface area (Å²) in [5, 5.41) is 2.63. The van der Waals surface area contributed by atoms with Crippen LogP contribution in [0.15, 0.2) is 53.4 Å². The lowest BCUT2D eigenvalue weighted by molar-refractivity contribution is -0.113. The molecule has 5 nitrogen and oxygen atoms in total. The number of carbonyl (C=O) groups excluding carboxylic acids is 1. The minimum Gasteiger partial charge on any atom is -0.399 e. The van der Waals surface area contributed by atoms with E-state index in [2.05, 4.69) is 5.32 Å². The van der Waals surface area contributed by atoms with Crippen molar-refractivity contribution in [2.75, 3.05) is 16.8 Å². The van der Waals surface area contributed by atoms with Crippen LogP contribution in [0.4, 0.5) is 11.4 Å². The van der Waals surface area contributed by atoms with Gasteiger partial charge in [0.1, 0.15) is 5.75 Å². The van der Waals surface area contributed by atoms with Crippen LogP contribution in [0.5, 0.6) is 0 Å². The van der Waals surface area contributed by atoms with Gasteiger partial charge in [0.05, 0.1) is 4.90 Å². The summed E-state index contributed by atoms with van der Waals surface area (Å²) in [6.45, 7) is 0. The second-order valence-corrected chi connectivity index (χ2v) is 7.77. The normalized spacial score (nSPS) is 14.4. The van der Waals surface area contributed by atoms with Crippen LogP contribution in [0.3, 0.4) is 0 Å². The van der Waals surface area contributed by atoms with E-state index in [0.717, 1.165) is 18.4 Å². The zero-order valence-electron chi connectivity index (χ0n) is 12.5. The van der Waals surface area contributed by atoms with E-state index < -0.39 is 21.5 Å². The molecule has 0 unspecified atom stereocenters. The molecule has 2 aromatic carbocycles. The van der Waals surface area contributed by atoms with Crippen LogP contribution in [-0.2, 0) is 14.6 Å². The van der Waals surface area contributed by atoms with Gasteiger partial charge in [-0.2, -0.15) is 0 Å². The van der Waals surface area contributed by atoms with E-state index in [1.807, 2.05) is 12.1 Å². The zero-order valence-corrected chi connectivity index (χ0v) is 13.3. The Hall–Kier alpha value is -2.34. The fourth-order valence-corrected chi connectivity index (χ4v) is 3.64. The highest BCUT2D eigenvalue weighted by Gasteiger charge is 2.24. The maximum absolute atomic E-state index is 12.2. The van der Waals surface area contributed by atoms with E-state index in [1.54, 1.807) is 24.3 Å². The summed E-state index contributed by atoms with van der Waals surface area (Å²) < 4.78 is 24.4. The molecule has 23 heavy (non-hydrogen) atoms. The molecule has 0 saturated heterocycles. The van der Waals surface area contributed by atoms with Crippen molar-refractivity contribution in [1.29, 1.82) is 0 Å². The molecule has 0 aliphatic heterocycles. The molecule has 0 atom stereocenters. The minimum atomic E-state index is -3.65. The molecule has 0 bridgehead atoms. The Labute approximate surface area is 135 Å². The summed E-state index contributed by atoms with van der Waals surface area (Å²) in [5.74, 6) is -0.659. The fourth-order valence-electron chi connectivity index (χ4n) is 2.48. The standard InChI is InChI=1S/C17H18N2O3S/c18-14-8-13(12-6-7-12)9-15(10-14)19-17(20)11-23(21,22)16-4-2-1-3-5-16/h1-5,8-10,12H,6-7,11,18H2,(H,19,20). The molecule has 1 aliphatic carbocycles. The Morgan fingerprint density at radius 1 is 1.13 bits per heavy atom. The largest absolute Gasteiger partial charge is 0.399 e. The Morgan fingerprint density at radius 3 is 2.48 bits per heavy atom. The Bertz CT molecular complexity index is 828.